The molecule has 0 aliphatic rings. The van der Waals surface area contributed by atoms with Crippen LogP contribution in [0.15, 0.2) is 28.7 Å². The molecule has 1 rings (SSSR count). The van der Waals surface area contributed by atoms with E-state index in [2.05, 4.69) is 25.4 Å². The van der Waals surface area contributed by atoms with Gasteiger partial charge in [-0.15, -0.1) is 0 Å². The first-order valence-electron chi connectivity index (χ1n) is 5.26. The number of esters is 2. The fourth-order valence-electron chi connectivity index (χ4n) is 1.42. The number of methoxy groups -OCH3 is 3. The van der Waals surface area contributed by atoms with Crippen LogP contribution in [-0.4, -0.2) is 33.3 Å². The second-order valence-corrected chi connectivity index (χ2v) is 4.20. The van der Waals surface area contributed by atoms with Crippen LogP contribution in [0.1, 0.15) is 15.9 Å². The molecular weight excluding hydrogens is 316 g/mol. The minimum atomic E-state index is -0.569. The van der Waals surface area contributed by atoms with Crippen LogP contribution in [0.25, 0.3) is 5.76 Å². The van der Waals surface area contributed by atoms with Gasteiger partial charge >= 0.3 is 11.9 Å². The molecule has 6 heteroatoms. The molecule has 5 nitrogen and oxygen atoms in total. The Morgan fingerprint density at radius 2 is 1.63 bits per heavy atom. The standard InChI is InChI=1S/C13H13BrO5/c1-17-11(10(14)13(16)19-3)8-5-4-6-9(7-8)12(15)18-2/h4-7H,1-3H3/b11-10+. The molecule has 0 aliphatic heterocycles. The summed E-state index contributed by atoms with van der Waals surface area (Å²) in [6.45, 7) is 0. The Bertz CT molecular complexity index is 522. The van der Waals surface area contributed by atoms with Gasteiger partial charge in [0.1, 0.15) is 10.2 Å². The van der Waals surface area contributed by atoms with Crippen molar-refractivity contribution in [1.82, 2.24) is 0 Å². The van der Waals surface area contributed by atoms with Crippen molar-refractivity contribution < 1.29 is 23.8 Å². The van der Waals surface area contributed by atoms with Crippen LogP contribution in [0.3, 0.4) is 0 Å². The largest absolute Gasteiger partial charge is 0.495 e. The summed E-state index contributed by atoms with van der Waals surface area (Å²) in [7, 11) is 3.98. The quantitative estimate of drug-likeness (QED) is 0.482. The van der Waals surface area contributed by atoms with Crippen molar-refractivity contribution in [2.45, 2.75) is 0 Å². The number of hydrogen-bond donors (Lipinski definition) is 0. The number of halogens is 1. The SMILES string of the molecule is COC(=O)/C(Br)=C(\OC)c1cccc(C(=O)OC)c1. The summed E-state index contributed by atoms with van der Waals surface area (Å²) in [5.74, 6) is -0.760. The summed E-state index contributed by atoms with van der Waals surface area (Å²) in [5, 5.41) is 0. The van der Waals surface area contributed by atoms with E-state index in [0.29, 0.717) is 11.1 Å². The summed E-state index contributed by atoms with van der Waals surface area (Å²) < 4.78 is 14.5. The predicted molar refractivity (Wildman–Crippen MR) is 72.7 cm³/mol. The van der Waals surface area contributed by atoms with Crippen molar-refractivity contribution in [1.29, 1.82) is 0 Å². The van der Waals surface area contributed by atoms with E-state index in [9.17, 15) is 9.59 Å². The van der Waals surface area contributed by atoms with Crippen LogP contribution in [-0.2, 0) is 19.0 Å². The number of benzene rings is 1. The number of ether oxygens (including phenoxy) is 3. The van der Waals surface area contributed by atoms with Gasteiger partial charge in [0.2, 0.25) is 0 Å². The molecule has 1 aromatic carbocycles. The summed E-state index contributed by atoms with van der Waals surface area (Å²) in [4.78, 5) is 22.9. The van der Waals surface area contributed by atoms with Crippen molar-refractivity contribution in [3.05, 3.63) is 39.9 Å². The van der Waals surface area contributed by atoms with Crippen molar-refractivity contribution in [2.75, 3.05) is 21.3 Å². The minimum Gasteiger partial charge on any atom is -0.495 e. The Hall–Kier alpha value is -1.82. The Balaban J connectivity index is 3.27. The molecule has 0 bridgehead atoms. The molecule has 0 fully saturated rings. The molecule has 1 aromatic rings. The molecule has 0 amide bonds. The monoisotopic (exact) mass is 328 g/mol. The average molecular weight is 329 g/mol. The normalized spacial score (nSPS) is 11.4. The third-order valence-electron chi connectivity index (χ3n) is 2.31. The molecule has 0 N–H and O–H groups in total. The van der Waals surface area contributed by atoms with Crippen molar-refractivity contribution in [2.24, 2.45) is 0 Å². The average Bonchev–Trinajstić information content (AvgIpc) is 2.46. The van der Waals surface area contributed by atoms with Gasteiger partial charge < -0.3 is 14.2 Å². The Kier molecular flexibility index (Phi) is 5.57. The maximum Gasteiger partial charge on any atom is 0.348 e. The fourth-order valence-corrected chi connectivity index (χ4v) is 1.97. The number of carbonyl (C=O) groups excluding carboxylic acids is 2. The van der Waals surface area contributed by atoms with Crippen LogP contribution in [0.2, 0.25) is 0 Å². The van der Waals surface area contributed by atoms with Gasteiger partial charge in [0.05, 0.1) is 26.9 Å². The van der Waals surface area contributed by atoms with Gasteiger partial charge in [-0.3, -0.25) is 0 Å². The summed E-state index contributed by atoms with van der Waals surface area (Å²) in [5.41, 5.74) is 0.919. The second-order valence-electron chi connectivity index (χ2n) is 3.41. The van der Waals surface area contributed by atoms with Gasteiger partial charge in [-0.05, 0) is 28.1 Å². The Morgan fingerprint density at radius 3 is 2.16 bits per heavy atom. The first-order valence-corrected chi connectivity index (χ1v) is 6.05. The third kappa shape index (κ3) is 3.57. The predicted octanol–water partition coefficient (Wildman–Crippen LogP) is 2.36. The summed E-state index contributed by atoms with van der Waals surface area (Å²) >= 11 is 3.11. The van der Waals surface area contributed by atoms with Gasteiger partial charge in [0.15, 0.2) is 0 Å². The van der Waals surface area contributed by atoms with Gasteiger partial charge in [0.25, 0.3) is 0 Å². The van der Waals surface area contributed by atoms with Crippen molar-refractivity contribution in [3.8, 4) is 0 Å². The van der Waals surface area contributed by atoms with Crippen molar-refractivity contribution in [3.63, 3.8) is 0 Å². The van der Waals surface area contributed by atoms with Crippen LogP contribution < -0.4 is 0 Å². The molecule has 0 radical (unpaired) electrons. The van der Waals surface area contributed by atoms with Crippen LogP contribution in [0.5, 0.6) is 0 Å². The highest BCUT2D eigenvalue weighted by molar-refractivity contribution is 9.12. The maximum absolute atomic E-state index is 11.5. The molecule has 0 atom stereocenters. The van der Waals surface area contributed by atoms with Gasteiger partial charge in [-0.25, -0.2) is 9.59 Å². The first-order chi connectivity index (χ1) is 9.04. The van der Waals surface area contributed by atoms with Gasteiger partial charge in [0, 0.05) is 5.56 Å². The lowest BCUT2D eigenvalue weighted by Crippen LogP contribution is -2.05. The molecule has 0 aliphatic carbocycles. The highest BCUT2D eigenvalue weighted by Gasteiger charge is 2.17. The molecule has 0 unspecified atom stereocenters. The van der Waals surface area contributed by atoms with E-state index in [1.54, 1.807) is 24.3 Å². The Labute approximate surface area is 119 Å². The number of rotatable bonds is 4. The molecule has 0 saturated carbocycles. The van der Waals surface area contributed by atoms with E-state index in [0.717, 1.165) is 0 Å². The lowest BCUT2D eigenvalue weighted by molar-refractivity contribution is -0.135. The zero-order chi connectivity index (χ0) is 14.4. The molecule has 0 saturated heterocycles. The van der Waals surface area contributed by atoms with Gasteiger partial charge in [-0.2, -0.15) is 0 Å². The lowest BCUT2D eigenvalue weighted by Gasteiger charge is -2.10. The topological polar surface area (TPSA) is 61.8 Å². The van der Waals surface area contributed by atoms with E-state index in [-0.39, 0.29) is 10.2 Å². The molecule has 0 aromatic heterocycles. The van der Waals surface area contributed by atoms with Crippen LogP contribution >= 0.6 is 15.9 Å². The van der Waals surface area contributed by atoms with Gasteiger partial charge in [-0.1, -0.05) is 12.1 Å². The number of carbonyl (C=O) groups is 2. The third-order valence-corrected chi connectivity index (χ3v) is 3.00. The molecular formula is C13H13BrO5. The van der Waals surface area contributed by atoms with E-state index in [1.165, 1.54) is 21.3 Å². The molecule has 102 valence electrons. The van der Waals surface area contributed by atoms with Crippen molar-refractivity contribution >= 4 is 33.6 Å². The van der Waals surface area contributed by atoms with E-state index < -0.39 is 11.9 Å². The summed E-state index contributed by atoms with van der Waals surface area (Å²) in [6, 6.07) is 6.54. The van der Waals surface area contributed by atoms with E-state index in [1.807, 2.05) is 0 Å². The van der Waals surface area contributed by atoms with Crippen LogP contribution in [0, 0.1) is 0 Å². The molecule has 0 heterocycles. The molecule has 0 spiro atoms. The Morgan fingerprint density at radius 1 is 1.00 bits per heavy atom. The van der Waals surface area contributed by atoms with E-state index >= 15 is 0 Å². The highest BCUT2D eigenvalue weighted by atomic mass is 79.9. The summed E-state index contributed by atoms with van der Waals surface area (Å²) in [6.07, 6.45) is 0. The second kappa shape index (κ2) is 6.94. The molecule has 19 heavy (non-hydrogen) atoms. The lowest BCUT2D eigenvalue weighted by atomic mass is 10.1. The minimum absolute atomic E-state index is 0.138. The zero-order valence-electron chi connectivity index (χ0n) is 10.7. The first kappa shape index (κ1) is 15.2. The zero-order valence-corrected chi connectivity index (χ0v) is 12.3. The number of hydrogen-bond acceptors (Lipinski definition) is 5. The fraction of sp³-hybridized carbons (Fsp3) is 0.231. The van der Waals surface area contributed by atoms with Crippen LogP contribution in [0.4, 0.5) is 0 Å². The van der Waals surface area contributed by atoms with E-state index in [4.69, 9.17) is 4.74 Å². The highest BCUT2D eigenvalue weighted by Crippen LogP contribution is 2.25. The smallest absolute Gasteiger partial charge is 0.348 e. The maximum atomic E-state index is 11.5.